The van der Waals surface area contributed by atoms with Crippen molar-refractivity contribution in [3.05, 3.63) is 62.8 Å². The largest absolute Gasteiger partial charge is 0.480 e. The molecular formula is C24H27N7O4. The van der Waals surface area contributed by atoms with Crippen molar-refractivity contribution in [1.82, 2.24) is 23.9 Å². The van der Waals surface area contributed by atoms with E-state index < -0.39 is 23.6 Å². The molecule has 4 aromatic rings. The van der Waals surface area contributed by atoms with Crippen LogP contribution in [0.3, 0.4) is 0 Å². The van der Waals surface area contributed by atoms with Crippen LogP contribution in [0.5, 0.6) is 0 Å². The lowest BCUT2D eigenvalue weighted by molar-refractivity contribution is -0.138. The van der Waals surface area contributed by atoms with Crippen LogP contribution in [0.15, 0.2) is 46.0 Å². The van der Waals surface area contributed by atoms with E-state index in [9.17, 15) is 19.5 Å². The lowest BCUT2D eigenvalue weighted by atomic mass is 10.1. The summed E-state index contributed by atoms with van der Waals surface area (Å²) in [5.74, 6) is -0.724. The van der Waals surface area contributed by atoms with Crippen molar-refractivity contribution in [2.45, 2.75) is 45.4 Å². The fraction of sp³-hybridized carbons (Fsp3) is 0.375. The summed E-state index contributed by atoms with van der Waals surface area (Å²) in [6, 6.07) is 11.2. The molecule has 11 heteroatoms. The van der Waals surface area contributed by atoms with E-state index in [1.807, 2.05) is 42.2 Å². The number of aromatic nitrogens is 5. The summed E-state index contributed by atoms with van der Waals surface area (Å²) in [5, 5.41) is 10.4. The predicted octanol–water partition coefficient (Wildman–Crippen LogP) is 0.988. The van der Waals surface area contributed by atoms with Crippen LogP contribution in [0.1, 0.15) is 25.5 Å². The van der Waals surface area contributed by atoms with Gasteiger partial charge in [-0.15, -0.1) is 0 Å². The van der Waals surface area contributed by atoms with Crippen molar-refractivity contribution in [2.24, 2.45) is 5.73 Å². The van der Waals surface area contributed by atoms with Crippen LogP contribution in [0.4, 0.5) is 5.95 Å². The maximum atomic E-state index is 13.8. The van der Waals surface area contributed by atoms with Gasteiger partial charge in [0.25, 0.3) is 11.1 Å². The van der Waals surface area contributed by atoms with Crippen molar-refractivity contribution in [3.63, 3.8) is 0 Å². The zero-order valence-corrected chi connectivity index (χ0v) is 19.4. The Morgan fingerprint density at radius 3 is 2.66 bits per heavy atom. The number of piperidine rings is 1. The molecule has 1 saturated heterocycles. The van der Waals surface area contributed by atoms with Gasteiger partial charge in [-0.25, -0.2) is 14.3 Å². The van der Waals surface area contributed by atoms with Gasteiger partial charge in [-0.05, 0) is 31.9 Å². The minimum Gasteiger partial charge on any atom is -0.480 e. The molecule has 1 aromatic carbocycles. The molecule has 0 radical (unpaired) electrons. The molecule has 0 spiro atoms. The van der Waals surface area contributed by atoms with Gasteiger partial charge in [0.05, 0.1) is 17.8 Å². The Labute approximate surface area is 200 Å². The number of carboxylic acid groups (broad SMARTS) is 1. The average molecular weight is 478 g/mol. The quantitative estimate of drug-likeness (QED) is 0.419. The van der Waals surface area contributed by atoms with Crippen LogP contribution >= 0.6 is 0 Å². The van der Waals surface area contributed by atoms with Crippen LogP contribution in [-0.4, -0.2) is 54.1 Å². The Kier molecular flexibility index (Phi) is 5.85. The van der Waals surface area contributed by atoms with Gasteiger partial charge in [0.15, 0.2) is 5.52 Å². The number of hydrogen-bond acceptors (Lipinski definition) is 7. The number of carboxylic acids is 1. The SMILES string of the molecule is CCn1c(N2CCC[C@@H](N)C2)nc2c(=O)n(CC(=O)O)n(Cc3ccc4ccccc4n3)c(=O)c21. The highest BCUT2D eigenvalue weighted by Crippen LogP contribution is 2.22. The summed E-state index contributed by atoms with van der Waals surface area (Å²) < 4.78 is 3.84. The first-order valence-corrected chi connectivity index (χ1v) is 11.7. The second kappa shape index (κ2) is 8.99. The third-order valence-electron chi connectivity index (χ3n) is 6.42. The molecule has 1 aliphatic rings. The third-order valence-corrected chi connectivity index (χ3v) is 6.42. The molecule has 0 amide bonds. The average Bonchev–Trinajstić information content (AvgIpc) is 3.24. The number of nitrogens with zero attached hydrogens (tertiary/aromatic N) is 6. The summed E-state index contributed by atoms with van der Waals surface area (Å²) in [6.07, 6.45) is 1.79. The van der Waals surface area contributed by atoms with Crippen molar-refractivity contribution in [3.8, 4) is 0 Å². The highest BCUT2D eigenvalue weighted by atomic mass is 16.4. The van der Waals surface area contributed by atoms with Crippen LogP contribution in [0.25, 0.3) is 21.9 Å². The van der Waals surface area contributed by atoms with E-state index in [-0.39, 0.29) is 23.6 Å². The van der Waals surface area contributed by atoms with E-state index in [1.54, 1.807) is 10.6 Å². The predicted molar refractivity (Wildman–Crippen MR) is 132 cm³/mol. The van der Waals surface area contributed by atoms with Gasteiger partial charge < -0.3 is 20.3 Å². The van der Waals surface area contributed by atoms with Gasteiger partial charge in [-0.2, -0.15) is 0 Å². The van der Waals surface area contributed by atoms with Gasteiger partial charge in [0.2, 0.25) is 5.95 Å². The molecule has 1 atom stereocenters. The standard InChI is InChI=1S/C24H27N7O4/c1-2-29-21-20(27-24(29)28-11-5-7-16(25)12-28)22(34)31(14-19(32)33)30(23(21)35)13-17-10-9-15-6-3-4-8-18(15)26-17/h3-4,6,8-10,16H,2,5,7,11-14,25H2,1H3,(H,32,33)/t16-/m1/s1. The van der Waals surface area contributed by atoms with Crippen molar-refractivity contribution in [1.29, 1.82) is 0 Å². The number of pyridine rings is 1. The number of hydrogen-bond donors (Lipinski definition) is 2. The molecule has 0 unspecified atom stereocenters. The van der Waals surface area contributed by atoms with Gasteiger partial charge in [-0.3, -0.25) is 19.4 Å². The molecule has 4 heterocycles. The molecule has 3 N–H and O–H groups in total. The number of carbonyl (C=O) groups is 1. The highest BCUT2D eigenvalue weighted by Gasteiger charge is 2.27. The fourth-order valence-corrected chi connectivity index (χ4v) is 4.80. The Bertz CT molecular complexity index is 1550. The van der Waals surface area contributed by atoms with Crippen LogP contribution < -0.4 is 21.8 Å². The normalized spacial score (nSPS) is 16.3. The second-order valence-electron chi connectivity index (χ2n) is 8.82. The van der Waals surface area contributed by atoms with Crippen LogP contribution in [0.2, 0.25) is 0 Å². The van der Waals surface area contributed by atoms with E-state index in [4.69, 9.17) is 5.73 Å². The molecule has 1 aliphatic heterocycles. The molecule has 0 saturated carbocycles. The third kappa shape index (κ3) is 4.08. The number of benzene rings is 1. The minimum absolute atomic E-state index is 0.0202. The summed E-state index contributed by atoms with van der Waals surface area (Å²) >= 11 is 0. The number of anilines is 1. The summed E-state index contributed by atoms with van der Waals surface area (Å²) in [7, 11) is 0. The smallest absolute Gasteiger partial charge is 0.325 e. The molecule has 11 nitrogen and oxygen atoms in total. The Balaban J connectivity index is 1.71. The van der Waals surface area contributed by atoms with Gasteiger partial charge in [-0.1, -0.05) is 24.3 Å². The van der Waals surface area contributed by atoms with Gasteiger partial charge in [0, 0.05) is 31.1 Å². The molecule has 5 rings (SSSR count). The van der Waals surface area contributed by atoms with E-state index in [0.717, 1.165) is 39.7 Å². The number of aliphatic carboxylic acids is 1. The molecule has 3 aromatic heterocycles. The molecule has 182 valence electrons. The summed E-state index contributed by atoms with van der Waals surface area (Å²) in [6.45, 7) is 2.87. The fourth-order valence-electron chi connectivity index (χ4n) is 4.80. The summed E-state index contributed by atoms with van der Waals surface area (Å²) in [4.78, 5) is 50.0. The zero-order valence-electron chi connectivity index (χ0n) is 19.4. The molecular weight excluding hydrogens is 450 g/mol. The van der Waals surface area contributed by atoms with E-state index in [2.05, 4.69) is 9.97 Å². The minimum atomic E-state index is -1.23. The number of aryl methyl sites for hydroxylation is 1. The first kappa shape index (κ1) is 22.8. The van der Waals surface area contributed by atoms with Crippen molar-refractivity contribution >= 4 is 33.9 Å². The molecule has 35 heavy (non-hydrogen) atoms. The lowest BCUT2D eigenvalue weighted by Gasteiger charge is -2.31. The number of rotatable bonds is 6. The number of imidazole rings is 1. The van der Waals surface area contributed by atoms with E-state index >= 15 is 0 Å². The Morgan fingerprint density at radius 1 is 1.11 bits per heavy atom. The van der Waals surface area contributed by atoms with Crippen molar-refractivity contribution in [2.75, 3.05) is 18.0 Å². The maximum Gasteiger partial charge on any atom is 0.325 e. The first-order valence-electron chi connectivity index (χ1n) is 11.7. The lowest BCUT2D eigenvalue weighted by Crippen LogP contribution is -2.44. The molecule has 0 bridgehead atoms. The Hall–Kier alpha value is -3.99. The Morgan fingerprint density at radius 2 is 1.91 bits per heavy atom. The summed E-state index contributed by atoms with van der Waals surface area (Å²) in [5.41, 5.74) is 6.45. The van der Waals surface area contributed by atoms with Gasteiger partial charge >= 0.3 is 5.97 Å². The number of para-hydroxylation sites is 1. The number of nitrogens with two attached hydrogens (primary N) is 1. The van der Waals surface area contributed by atoms with Crippen LogP contribution in [0, 0.1) is 0 Å². The highest BCUT2D eigenvalue weighted by molar-refractivity contribution is 5.79. The first-order chi connectivity index (χ1) is 16.9. The van der Waals surface area contributed by atoms with Crippen LogP contribution in [-0.2, 0) is 24.4 Å². The topological polar surface area (TPSA) is 141 Å². The zero-order chi connectivity index (χ0) is 24.7. The second-order valence-corrected chi connectivity index (χ2v) is 8.82. The number of fused-ring (bicyclic) bond motifs is 2. The van der Waals surface area contributed by atoms with E-state index in [1.165, 1.54) is 0 Å². The molecule has 1 fully saturated rings. The van der Waals surface area contributed by atoms with Gasteiger partial charge in [0.1, 0.15) is 12.1 Å². The monoisotopic (exact) mass is 477 g/mol. The molecule has 0 aliphatic carbocycles. The van der Waals surface area contributed by atoms with E-state index in [0.29, 0.717) is 24.7 Å². The maximum absolute atomic E-state index is 13.8. The van der Waals surface area contributed by atoms with Crippen molar-refractivity contribution < 1.29 is 9.90 Å².